The second kappa shape index (κ2) is 5.71. The Labute approximate surface area is 126 Å². The molecule has 112 valence electrons. The van der Waals surface area contributed by atoms with Crippen LogP contribution in [-0.2, 0) is 0 Å². The smallest absolute Gasteiger partial charge is 0.261 e. The molecule has 21 heavy (non-hydrogen) atoms. The van der Waals surface area contributed by atoms with Crippen molar-refractivity contribution in [3.05, 3.63) is 34.5 Å². The van der Waals surface area contributed by atoms with E-state index < -0.39 is 6.10 Å². The summed E-state index contributed by atoms with van der Waals surface area (Å²) in [6.45, 7) is 3.55. The Kier molecular flexibility index (Phi) is 3.93. The van der Waals surface area contributed by atoms with Crippen molar-refractivity contribution in [1.29, 1.82) is 0 Å². The van der Waals surface area contributed by atoms with Crippen LogP contribution >= 0.6 is 11.3 Å². The summed E-state index contributed by atoms with van der Waals surface area (Å²) in [5, 5.41) is 16.5. The van der Waals surface area contributed by atoms with E-state index in [1.54, 1.807) is 6.07 Å². The molecular formula is C15H17FN2O2S. The van der Waals surface area contributed by atoms with Crippen LogP contribution in [0.2, 0.25) is 0 Å². The number of β-amino-alcohol motifs (C(OH)–C–C–N with tert-alkyl or cyclic N) is 1. The third-order valence-electron chi connectivity index (χ3n) is 3.93. The maximum atomic E-state index is 13.3. The van der Waals surface area contributed by atoms with Crippen LogP contribution in [0.25, 0.3) is 10.1 Å². The van der Waals surface area contributed by atoms with Gasteiger partial charge in [0.1, 0.15) is 5.82 Å². The molecule has 2 heterocycles. The van der Waals surface area contributed by atoms with E-state index in [9.17, 15) is 14.3 Å². The minimum atomic E-state index is -0.414. The summed E-state index contributed by atoms with van der Waals surface area (Å²) in [6.07, 6.45) is -0.414. The Balaban J connectivity index is 1.76. The third kappa shape index (κ3) is 2.79. The molecule has 1 aromatic heterocycles. The maximum absolute atomic E-state index is 13.3. The van der Waals surface area contributed by atoms with E-state index in [-0.39, 0.29) is 17.6 Å². The van der Waals surface area contributed by atoms with Gasteiger partial charge < -0.3 is 15.7 Å². The Morgan fingerprint density at radius 1 is 1.52 bits per heavy atom. The van der Waals surface area contributed by atoms with Crippen LogP contribution in [-0.4, -0.2) is 36.8 Å². The number of aliphatic hydroxyl groups excluding tert-OH is 1. The molecule has 3 N–H and O–H groups in total. The summed E-state index contributed by atoms with van der Waals surface area (Å²) >= 11 is 1.37. The lowest BCUT2D eigenvalue weighted by Gasteiger charge is -2.13. The maximum Gasteiger partial charge on any atom is 0.261 e. The highest BCUT2D eigenvalue weighted by Gasteiger charge is 2.25. The zero-order valence-electron chi connectivity index (χ0n) is 11.6. The number of thiophene rings is 1. The second-order valence-corrected chi connectivity index (χ2v) is 6.44. The standard InChI is InChI=1S/C15H17FN2O2S/c1-8-11-4-10(16)2-3-13(11)21-14(8)15(20)18-6-9-5-17-7-12(9)19/h2-4,9,12,17,19H,5-7H2,1H3,(H,18,20). The highest BCUT2D eigenvalue weighted by atomic mass is 32.1. The molecule has 1 fully saturated rings. The van der Waals surface area contributed by atoms with Gasteiger partial charge in [-0.2, -0.15) is 0 Å². The number of halogens is 1. The van der Waals surface area contributed by atoms with Crippen LogP contribution < -0.4 is 10.6 Å². The topological polar surface area (TPSA) is 61.4 Å². The number of fused-ring (bicyclic) bond motifs is 1. The molecule has 2 atom stereocenters. The zero-order chi connectivity index (χ0) is 15.0. The van der Waals surface area contributed by atoms with E-state index >= 15 is 0 Å². The van der Waals surface area contributed by atoms with Crippen molar-refractivity contribution < 1.29 is 14.3 Å². The molecule has 1 aliphatic heterocycles. The number of hydrogen-bond donors (Lipinski definition) is 3. The molecule has 0 saturated carbocycles. The largest absolute Gasteiger partial charge is 0.391 e. The van der Waals surface area contributed by atoms with Gasteiger partial charge in [-0.15, -0.1) is 11.3 Å². The molecule has 4 nitrogen and oxygen atoms in total. The Morgan fingerprint density at radius 3 is 3.05 bits per heavy atom. The van der Waals surface area contributed by atoms with E-state index in [0.29, 0.717) is 24.5 Å². The first-order valence-electron chi connectivity index (χ1n) is 6.92. The molecule has 1 aromatic carbocycles. The number of hydrogen-bond acceptors (Lipinski definition) is 4. The number of aryl methyl sites for hydroxylation is 1. The highest BCUT2D eigenvalue weighted by molar-refractivity contribution is 7.21. The van der Waals surface area contributed by atoms with Crippen molar-refractivity contribution in [1.82, 2.24) is 10.6 Å². The summed E-state index contributed by atoms with van der Waals surface area (Å²) in [4.78, 5) is 12.9. The summed E-state index contributed by atoms with van der Waals surface area (Å²) in [6, 6.07) is 4.56. The van der Waals surface area contributed by atoms with Crippen LogP contribution in [0.5, 0.6) is 0 Å². The van der Waals surface area contributed by atoms with Gasteiger partial charge in [-0.25, -0.2) is 4.39 Å². The molecule has 1 aliphatic rings. The van der Waals surface area contributed by atoms with Crippen molar-refractivity contribution in [3.8, 4) is 0 Å². The van der Waals surface area contributed by atoms with Gasteiger partial charge in [0.05, 0.1) is 11.0 Å². The Bertz CT molecular complexity index is 686. The fourth-order valence-electron chi connectivity index (χ4n) is 2.64. The van der Waals surface area contributed by atoms with Gasteiger partial charge in [0.2, 0.25) is 0 Å². The van der Waals surface area contributed by atoms with E-state index in [4.69, 9.17) is 0 Å². The minimum absolute atomic E-state index is 0.0427. The van der Waals surface area contributed by atoms with Crippen LogP contribution in [0.3, 0.4) is 0 Å². The summed E-state index contributed by atoms with van der Waals surface area (Å²) in [7, 11) is 0. The molecular weight excluding hydrogens is 291 g/mol. The number of aliphatic hydroxyl groups is 1. The predicted molar refractivity (Wildman–Crippen MR) is 81.2 cm³/mol. The summed E-state index contributed by atoms with van der Waals surface area (Å²) in [5.74, 6) is -0.412. The number of nitrogens with one attached hydrogen (secondary N) is 2. The van der Waals surface area contributed by atoms with Gasteiger partial charge in [-0.1, -0.05) is 0 Å². The number of amides is 1. The van der Waals surface area contributed by atoms with E-state index in [2.05, 4.69) is 10.6 Å². The summed E-state index contributed by atoms with van der Waals surface area (Å²) < 4.78 is 14.2. The molecule has 2 aromatic rings. The lowest BCUT2D eigenvalue weighted by molar-refractivity contribution is 0.0930. The number of benzene rings is 1. The van der Waals surface area contributed by atoms with Gasteiger partial charge in [-0.05, 0) is 36.1 Å². The molecule has 0 spiro atoms. The molecule has 6 heteroatoms. The quantitative estimate of drug-likeness (QED) is 0.808. The first-order chi connectivity index (χ1) is 10.1. The van der Waals surface area contributed by atoms with Crippen LogP contribution in [0.1, 0.15) is 15.2 Å². The lowest BCUT2D eigenvalue weighted by Crippen LogP contribution is -2.34. The molecule has 2 unspecified atom stereocenters. The van der Waals surface area contributed by atoms with E-state index in [0.717, 1.165) is 15.6 Å². The summed E-state index contributed by atoms with van der Waals surface area (Å²) in [5.41, 5.74) is 0.803. The van der Waals surface area contributed by atoms with E-state index in [1.165, 1.54) is 23.5 Å². The lowest BCUT2D eigenvalue weighted by atomic mass is 10.1. The first kappa shape index (κ1) is 14.4. The third-order valence-corrected chi connectivity index (χ3v) is 5.21. The number of rotatable bonds is 3. The average Bonchev–Trinajstić information content (AvgIpc) is 3.01. The molecule has 0 bridgehead atoms. The molecule has 0 radical (unpaired) electrons. The molecule has 0 aliphatic carbocycles. The Morgan fingerprint density at radius 2 is 2.33 bits per heavy atom. The van der Waals surface area contributed by atoms with Crippen molar-refractivity contribution in [2.24, 2.45) is 5.92 Å². The molecule has 1 amide bonds. The van der Waals surface area contributed by atoms with Crippen LogP contribution in [0.15, 0.2) is 18.2 Å². The van der Waals surface area contributed by atoms with Crippen molar-refractivity contribution in [2.75, 3.05) is 19.6 Å². The van der Waals surface area contributed by atoms with Gasteiger partial charge in [0.15, 0.2) is 0 Å². The van der Waals surface area contributed by atoms with Crippen molar-refractivity contribution in [3.63, 3.8) is 0 Å². The fourth-order valence-corrected chi connectivity index (χ4v) is 3.75. The van der Waals surface area contributed by atoms with Gasteiger partial charge in [0, 0.05) is 30.3 Å². The zero-order valence-corrected chi connectivity index (χ0v) is 12.5. The van der Waals surface area contributed by atoms with Gasteiger partial charge >= 0.3 is 0 Å². The SMILES string of the molecule is Cc1c(C(=O)NCC2CNCC2O)sc2ccc(F)cc12. The average molecular weight is 308 g/mol. The second-order valence-electron chi connectivity index (χ2n) is 5.39. The van der Waals surface area contributed by atoms with Crippen molar-refractivity contribution in [2.45, 2.75) is 13.0 Å². The van der Waals surface area contributed by atoms with E-state index in [1.807, 2.05) is 6.92 Å². The van der Waals surface area contributed by atoms with Crippen LogP contribution in [0, 0.1) is 18.7 Å². The fraction of sp³-hybridized carbons (Fsp3) is 0.400. The van der Waals surface area contributed by atoms with Gasteiger partial charge in [0.25, 0.3) is 5.91 Å². The predicted octanol–water partition coefficient (Wildman–Crippen LogP) is 1.66. The van der Waals surface area contributed by atoms with Crippen LogP contribution in [0.4, 0.5) is 4.39 Å². The monoisotopic (exact) mass is 308 g/mol. The van der Waals surface area contributed by atoms with Gasteiger partial charge in [-0.3, -0.25) is 4.79 Å². The molecule has 3 rings (SSSR count). The molecule has 1 saturated heterocycles. The normalized spacial score (nSPS) is 21.9. The van der Waals surface area contributed by atoms with Crippen molar-refractivity contribution >= 4 is 27.3 Å². The highest BCUT2D eigenvalue weighted by Crippen LogP contribution is 2.31. The number of carbonyl (C=O) groups excluding carboxylic acids is 1. The Hall–Kier alpha value is -1.50. The number of carbonyl (C=O) groups is 1. The first-order valence-corrected chi connectivity index (χ1v) is 7.73. The minimum Gasteiger partial charge on any atom is -0.391 e.